The Kier molecular flexibility index (Phi) is 5.88. The number of benzene rings is 2. The first-order chi connectivity index (χ1) is 14.6. The topological polar surface area (TPSA) is 55.8 Å². The lowest BCUT2D eigenvalue weighted by Crippen LogP contribution is -2.44. The van der Waals surface area contributed by atoms with E-state index >= 15 is 0 Å². The smallest absolute Gasteiger partial charge is 0.410 e. The summed E-state index contributed by atoms with van der Waals surface area (Å²) in [5.41, 5.74) is 4.47. The van der Waals surface area contributed by atoms with E-state index in [9.17, 15) is 9.59 Å². The van der Waals surface area contributed by atoms with Crippen molar-refractivity contribution in [3.63, 3.8) is 0 Å². The lowest BCUT2D eigenvalue weighted by atomic mass is 9.87. The van der Waals surface area contributed by atoms with Crippen LogP contribution in [0.3, 0.4) is 0 Å². The van der Waals surface area contributed by atoms with Crippen molar-refractivity contribution in [1.82, 2.24) is 4.90 Å². The Morgan fingerprint density at radius 1 is 1.07 bits per heavy atom. The lowest BCUT2D eigenvalue weighted by Gasteiger charge is -2.25. The molecule has 0 saturated carbocycles. The van der Waals surface area contributed by atoms with Gasteiger partial charge in [-0.3, -0.25) is 4.90 Å². The first kappa shape index (κ1) is 20.2. The molecule has 0 aromatic heterocycles. The highest BCUT2D eigenvalue weighted by atomic mass is 16.6. The number of carbonyl (C=O) groups excluding carboxylic acids is 2. The third-order valence-corrected chi connectivity index (χ3v) is 5.98. The molecule has 0 spiro atoms. The number of nitrogens with zero attached hydrogens (tertiary/aromatic N) is 1. The maximum atomic E-state index is 12.9. The maximum Gasteiger partial charge on any atom is 0.410 e. The van der Waals surface area contributed by atoms with Gasteiger partial charge in [-0.05, 0) is 37.0 Å². The van der Waals surface area contributed by atoms with E-state index in [2.05, 4.69) is 31.2 Å². The summed E-state index contributed by atoms with van der Waals surface area (Å²) < 4.78 is 10.9. The van der Waals surface area contributed by atoms with E-state index in [0.717, 1.165) is 17.5 Å². The summed E-state index contributed by atoms with van der Waals surface area (Å²) in [7, 11) is 0. The van der Waals surface area contributed by atoms with Gasteiger partial charge in [0.2, 0.25) is 0 Å². The van der Waals surface area contributed by atoms with E-state index in [4.69, 9.17) is 9.47 Å². The molecule has 1 aliphatic heterocycles. The number of likely N-dealkylation sites (tertiary alicyclic amines) is 1. The molecule has 1 aliphatic carbocycles. The average molecular weight is 405 g/mol. The zero-order valence-corrected chi connectivity index (χ0v) is 17.4. The fraction of sp³-hybridized carbons (Fsp3) is 0.360. The van der Waals surface area contributed by atoms with Crippen LogP contribution in [0.15, 0.2) is 60.7 Å². The molecule has 0 radical (unpaired) electrons. The van der Waals surface area contributed by atoms with Gasteiger partial charge < -0.3 is 9.47 Å². The molecule has 2 aromatic rings. The fourth-order valence-corrected chi connectivity index (χ4v) is 4.63. The number of ether oxygens (including phenoxy) is 2. The molecule has 5 heteroatoms. The Bertz CT molecular complexity index is 953. The van der Waals surface area contributed by atoms with Crippen LogP contribution in [-0.2, 0) is 20.9 Å². The molecule has 0 unspecified atom stereocenters. The lowest BCUT2D eigenvalue weighted by molar-refractivity contribution is -0.149. The van der Waals surface area contributed by atoms with Crippen molar-refractivity contribution in [2.24, 2.45) is 11.8 Å². The van der Waals surface area contributed by atoms with Crippen molar-refractivity contribution in [2.75, 3.05) is 13.2 Å². The summed E-state index contributed by atoms with van der Waals surface area (Å²) in [6, 6.07) is 17.3. The molecular formula is C25H27NO4. The van der Waals surface area contributed by atoms with Gasteiger partial charge in [-0.15, -0.1) is 0 Å². The molecule has 3 atom stereocenters. The monoisotopic (exact) mass is 405 g/mol. The summed E-state index contributed by atoms with van der Waals surface area (Å²) in [5, 5.41) is 0. The largest absolute Gasteiger partial charge is 0.464 e. The second kappa shape index (κ2) is 8.74. The summed E-state index contributed by atoms with van der Waals surface area (Å²) >= 11 is 0. The molecule has 156 valence electrons. The minimum atomic E-state index is -0.614. The highest BCUT2D eigenvalue weighted by Crippen LogP contribution is 2.46. The number of carbonyl (C=O) groups is 2. The predicted molar refractivity (Wildman–Crippen MR) is 115 cm³/mol. The molecule has 0 bridgehead atoms. The number of aryl methyl sites for hydroxylation is 1. The molecule has 1 fully saturated rings. The van der Waals surface area contributed by atoms with Crippen LogP contribution in [0.25, 0.3) is 5.57 Å². The van der Waals surface area contributed by atoms with Gasteiger partial charge in [0, 0.05) is 18.4 Å². The van der Waals surface area contributed by atoms with Gasteiger partial charge in [-0.1, -0.05) is 66.2 Å². The summed E-state index contributed by atoms with van der Waals surface area (Å²) in [6.07, 6.45) is 2.50. The number of fused-ring (bicyclic) bond motifs is 1. The zero-order valence-electron chi connectivity index (χ0n) is 17.4. The van der Waals surface area contributed by atoms with Crippen molar-refractivity contribution < 1.29 is 19.1 Å². The zero-order chi connectivity index (χ0) is 21.1. The van der Waals surface area contributed by atoms with E-state index in [1.807, 2.05) is 36.4 Å². The Hall–Kier alpha value is -3.08. The van der Waals surface area contributed by atoms with E-state index in [1.54, 1.807) is 11.8 Å². The van der Waals surface area contributed by atoms with Crippen LogP contribution in [0.4, 0.5) is 4.79 Å². The molecule has 30 heavy (non-hydrogen) atoms. The first-order valence-electron chi connectivity index (χ1n) is 10.5. The summed E-state index contributed by atoms with van der Waals surface area (Å²) in [6.45, 7) is 4.79. The molecule has 1 heterocycles. The predicted octanol–water partition coefficient (Wildman–Crippen LogP) is 4.60. The van der Waals surface area contributed by atoms with Gasteiger partial charge >= 0.3 is 12.1 Å². The third-order valence-electron chi connectivity index (χ3n) is 5.98. The van der Waals surface area contributed by atoms with Crippen LogP contribution in [-0.4, -0.2) is 36.2 Å². The van der Waals surface area contributed by atoms with Crippen molar-refractivity contribution in [3.8, 4) is 0 Å². The Morgan fingerprint density at radius 2 is 1.87 bits per heavy atom. The maximum absolute atomic E-state index is 12.9. The number of amides is 1. The fourth-order valence-electron chi connectivity index (χ4n) is 4.63. The molecule has 2 aromatic carbocycles. The highest BCUT2D eigenvalue weighted by Gasteiger charge is 2.52. The number of rotatable bonds is 5. The SMILES string of the molecule is CCOC(=O)[C@@H]1[C@H]2CC=C(c3cccc(C)c3)[C@H]2CN1C(=O)OCc1ccccc1. The van der Waals surface area contributed by atoms with Gasteiger partial charge in [0.1, 0.15) is 12.6 Å². The van der Waals surface area contributed by atoms with E-state index in [1.165, 1.54) is 11.1 Å². The van der Waals surface area contributed by atoms with Crippen LogP contribution in [0, 0.1) is 18.8 Å². The van der Waals surface area contributed by atoms with Gasteiger partial charge in [0.05, 0.1) is 6.61 Å². The summed E-state index contributed by atoms with van der Waals surface area (Å²) in [5.74, 6) is -0.227. The number of hydrogen-bond acceptors (Lipinski definition) is 4. The van der Waals surface area contributed by atoms with Gasteiger partial charge in [0.25, 0.3) is 0 Å². The van der Waals surface area contributed by atoms with Gasteiger partial charge in [-0.2, -0.15) is 0 Å². The number of allylic oxidation sites excluding steroid dienone is 1. The molecule has 1 saturated heterocycles. The second-order valence-electron chi connectivity index (χ2n) is 7.92. The minimum Gasteiger partial charge on any atom is -0.464 e. The summed E-state index contributed by atoms with van der Waals surface area (Å²) in [4.78, 5) is 27.3. The van der Waals surface area contributed by atoms with Crippen molar-refractivity contribution in [1.29, 1.82) is 0 Å². The second-order valence-corrected chi connectivity index (χ2v) is 7.92. The Balaban J connectivity index is 1.54. The van der Waals surface area contributed by atoms with Crippen molar-refractivity contribution in [3.05, 3.63) is 77.4 Å². The molecule has 1 amide bonds. The molecule has 5 nitrogen and oxygen atoms in total. The average Bonchev–Trinajstić information content (AvgIpc) is 3.32. The molecule has 2 aliphatic rings. The normalized spacial score (nSPS) is 22.4. The standard InChI is InChI=1S/C25H27NO4/c1-3-29-24(27)23-21-13-12-20(19-11-7-8-17(2)14-19)22(21)15-26(23)25(28)30-16-18-9-5-4-6-10-18/h4-12,14,21-23H,3,13,15-16H2,1-2H3/t21-,22+,23-/m0/s1. The van der Waals surface area contributed by atoms with Gasteiger partial charge in [0.15, 0.2) is 0 Å². The highest BCUT2D eigenvalue weighted by molar-refractivity contribution is 5.85. The molecular weight excluding hydrogens is 378 g/mol. The van der Waals surface area contributed by atoms with Crippen molar-refractivity contribution >= 4 is 17.6 Å². The Morgan fingerprint density at radius 3 is 2.60 bits per heavy atom. The van der Waals surface area contributed by atoms with Crippen LogP contribution in [0.5, 0.6) is 0 Å². The van der Waals surface area contributed by atoms with E-state index in [0.29, 0.717) is 6.54 Å². The van der Waals surface area contributed by atoms with Crippen LogP contribution >= 0.6 is 0 Å². The Labute approximate surface area is 177 Å². The van der Waals surface area contributed by atoms with Gasteiger partial charge in [-0.25, -0.2) is 9.59 Å². The molecule has 4 rings (SSSR count). The number of esters is 1. The van der Waals surface area contributed by atoms with Crippen LogP contribution in [0.1, 0.15) is 30.0 Å². The van der Waals surface area contributed by atoms with Crippen LogP contribution < -0.4 is 0 Å². The quantitative estimate of drug-likeness (QED) is 0.683. The minimum absolute atomic E-state index is 0.0174. The van der Waals surface area contributed by atoms with E-state index < -0.39 is 12.1 Å². The van der Waals surface area contributed by atoms with Crippen molar-refractivity contribution in [2.45, 2.75) is 32.9 Å². The molecule has 0 N–H and O–H groups in total. The third kappa shape index (κ3) is 3.97. The van der Waals surface area contributed by atoms with Crippen LogP contribution in [0.2, 0.25) is 0 Å². The number of hydrogen-bond donors (Lipinski definition) is 0. The van der Waals surface area contributed by atoms with E-state index in [-0.39, 0.29) is 31.0 Å². The first-order valence-corrected chi connectivity index (χ1v) is 10.5.